The predicted octanol–water partition coefficient (Wildman–Crippen LogP) is 1.23. The van der Waals surface area contributed by atoms with Gasteiger partial charge < -0.3 is 5.11 Å². The molecule has 1 aliphatic heterocycles. The largest absolute Gasteiger partial charge is 0.439 e. The van der Waals surface area contributed by atoms with Gasteiger partial charge in [0.2, 0.25) is 0 Å². The van der Waals surface area contributed by atoms with Crippen LogP contribution in [0.15, 0.2) is 16.2 Å². The highest BCUT2D eigenvalue weighted by Crippen LogP contribution is 2.43. The molecule has 22 heavy (non-hydrogen) atoms. The Labute approximate surface area is 125 Å². The number of halogens is 3. The molecule has 0 saturated heterocycles. The molecule has 0 saturated carbocycles. The van der Waals surface area contributed by atoms with Crippen molar-refractivity contribution < 1.29 is 26.7 Å². The van der Waals surface area contributed by atoms with Gasteiger partial charge in [-0.15, -0.1) is 4.41 Å². The van der Waals surface area contributed by atoms with Crippen LogP contribution in [0.4, 0.5) is 13.2 Å². The van der Waals surface area contributed by atoms with Crippen LogP contribution in [0.5, 0.6) is 0 Å². The lowest BCUT2D eigenvalue weighted by Crippen LogP contribution is -2.56. The first kappa shape index (κ1) is 16.7. The molecule has 0 bridgehead atoms. The summed E-state index contributed by atoms with van der Waals surface area (Å²) in [6.45, 7) is 4.70. The van der Waals surface area contributed by atoms with Crippen molar-refractivity contribution in [1.29, 1.82) is 0 Å². The van der Waals surface area contributed by atoms with Gasteiger partial charge in [0.05, 0.1) is 11.9 Å². The molecule has 1 N–H and O–H groups in total. The van der Waals surface area contributed by atoms with Gasteiger partial charge in [-0.2, -0.15) is 31.8 Å². The van der Waals surface area contributed by atoms with Gasteiger partial charge >= 0.3 is 6.18 Å². The van der Waals surface area contributed by atoms with E-state index in [1.165, 1.54) is 18.5 Å². The van der Waals surface area contributed by atoms with Crippen LogP contribution >= 0.6 is 0 Å². The monoisotopic (exact) mass is 340 g/mol. The maximum absolute atomic E-state index is 13.1. The third kappa shape index (κ3) is 2.28. The molecular formula is C11H15F3N4O3S. The zero-order valence-corrected chi connectivity index (χ0v) is 12.9. The number of nitrogens with zero attached hydrogens (tertiary/aromatic N) is 4. The SMILES string of the molecule is CCn1ncc(S(=O)(=O)N2N=C(C)C[C@@]2(O)C(F)(F)F)c1C. The van der Waals surface area contributed by atoms with E-state index >= 15 is 0 Å². The Morgan fingerprint density at radius 2 is 2.00 bits per heavy atom. The zero-order chi connectivity index (χ0) is 16.9. The molecule has 0 unspecified atom stereocenters. The molecule has 0 spiro atoms. The Morgan fingerprint density at radius 1 is 1.41 bits per heavy atom. The zero-order valence-electron chi connectivity index (χ0n) is 12.1. The highest BCUT2D eigenvalue weighted by atomic mass is 32.2. The number of aliphatic hydroxyl groups is 1. The number of sulfonamides is 1. The second-order valence-electron chi connectivity index (χ2n) is 4.98. The Kier molecular flexibility index (Phi) is 3.77. The highest BCUT2D eigenvalue weighted by Gasteiger charge is 2.64. The van der Waals surface area contributed by atoms with E-state index in [-0.39, 0.29) is 15.8 Å². The van der Waals surface area contributed by atoms with Crippen LogP contribution in [-0.4, -0.2) is 45.3 Å². The molecule has 0 aromatic carbocycles. The average Bonchev–Trinajstić information content (AvgIpc) is 2.90. The Hall–Kier alpha value is -1.62. The predicted molar refractivity (Wildman–Crippen MR) is 70.4 cm³/mol. The molecule has 2 heterocycles. The highest BCUT2D eigenvalue weighted by molar-refractivity contribution is 7.89. The van der Waals surface area contributed by atoms with Crippen molar-refractivity contribution in [2.24, 2.45) is 5.10 Å². The van der Waals surface area contributed by atoms with E-state index in [2.05, 4.69) is 10.2 Å². The lowest BCUT2D eigenvalue weighted by atomic mass is 10.1. The Morgan fingerprint density at radius 3 is 2.45 bits per heavy atom. The number of hydrogen-bond donors (Lipinski definition) is 1. The molecule has 1 aromatic rings. The third-order valence-corrected chi connectivity index (χ3v) is 5.19. The van der Waals surface area contributed by atoms with Crippen molar-refractivity contribution in [3.8, 4) is 0 Å². The molecule has 7 nitrogen and oxygen atoms in total. The molecule has 0 aliphatic carbocycles. The van der Waals surface area contributed by atoms with Crippen molar-refractivity contribution in [1.82, 2.24) is 14.2 Å². The summed E-state index contributed by atoms with van der Waals surface area (Å²) in [7, 11) is -4.69. The number of rotatable bonds is 3. The molecule has 124 valence electrons. The van der Waals surface area contributed by atoms with Crippen LogP contribution in [-0.2, 0) is 16.6 Å². The van der Waals surface area contributed by atoms with Crippen LogP contribution < -0.4 is 0 Å². The van der Waals surface area contributed by atoms with Crippen molar-refractivity contribution in [2.75, 3.05) is 0 Å². The fraction of sp³-hybridized carbons (Fsp3) is 0.636. The van der Waals surface area contributed by atoms with E-state index in [4.69, 9.17) is 0 Å². The van der Waals surface area contributed by atoms with Gasteiger partial charge in [-0.3, -0.25) is 4.68 Å². The molecule has 11 heteroatoms. The number of aromatic nitrogens is 2. The summed E-state index contributed by atoms with van der Waals surface area (Å²) in [5.74, 6) is 0. The van der Waals surface area contributed by atoms with E-state index in [0.717, 1.165) is 6.20 Å². The molecule has 1 aromatic heterocycles. The smallest absolute Gasteiger partial charge is 0.361 e. The van der Waals surface area contributed by atoms with E-state index in [0.29, 0.717) is 6.54 Å². The summed E-state index contributed by atoms with van der Waals surface area (Å²) >= 11 is 0. The Balaban J connectivity index is 2.59. The Bertz CT molecular complexity index is 725. The first-order valence-corrected chi connectivity index (χ1v) is 7.80. The second-order valence-corrected chi connectivity index (χ2v) is 6.72. The summed E-state index contributed by atoms with van der Waals surface area (Å²) in [4.78, 5) is -0.421. The maximum atomic E-state index is 13.1. The van der Waals surface area contributed by atoms with Gasteiger partial charge in [0.15, 0.2) is 0 Å². The van der Waals surface area contributed by atoms with Crippen molar-refractivity contribution in [3.05, 3.63) is 11.9 Å². The van der Waals surface area contributed by atoms with Gasteiger partial charge in [-0.05, 0) is 20.8 Å². The van der Waals surface area contributed by atoms with Crippen molar-refractivity contribution in [3.63, 3.8) is 0 Å². The van der Waals surface area contributed by atoms with Gasteiger partial charge in [0, 0.05) is 18.7 Å². The molecule has 2 rings (SSSR count). The quantitative estimate of drug-likeness (QED) is 0.896. The average molecular weight is 340 g/mol. The maximum Gasteiger partial charge on any atom is 0.439 e. The third-order valence-electron chi connectivity index (χ3n) is 3.40. The molecule has 0 amide bonds. The summed E-state index contributed by atoms with van der Waals surface area (Å²) in [5, 5.41) is 17.1. The van der Waals surface area contributed by atoms with Crippen LogP contribution in [0.25, 0.3) is 0 Å². The normalized spacial score (nSPS) is 23.0. The van der Waals surface area contributed by atoms with Crippen LogP contribution in [0.3, 0.4) is 0 Å². The summed E-state index contributed by atoms with van der Waals surface area (Å²) in [6.07, 6.45) is -5.17. The fourth-order valence-corrected chi connectivity index (χ4v) is 3.91. The molecule has 0 fully saturated rings. The molecule has 1 aliphatic rings. The summed E-state index contributed by atoms with van der Waals surface area (Å²) in [6, 6.07) is 0. The fourth-order valence-electron chi connectivity index (χ4n) is 2.25. The molecule has 0 radical (unpaired) electrons. The summed E-state index contributed by atoms with van der Waals surface area (Å²) < 4.78 is 65.5. The molecule has 1 atom stereocenters. The topological polar surface area (TPSA) is 87.8 Å². The van der Waals surface area contributed by atoms with Crippen LogP contribution in [0, 0.1) is 6.92 Å². The molecular weight excluding hydrogens is 325 g/mol. The van der Waals surface area contributed by atoms with E-state index in [1.807, 2.05) is 0 Å². The van der Waals surface area contributed by atoms with Crippen molar-refractivity contribution in [2.45, 2.75) is 50.5 Å². The second kappa shape index (κ2) is 4.95. The standard InChI is InChI=1S/C11H15F3N4O3S/c1-4-17-8(3)9(6-15-17)22(20,21)18-10(19,11(12,13)14)5-7(2)16-18/h6,19H,4-5H2,1-3H3/t10-/m1/s1. The van der Waals surface area contributed by atoms with Gasteiger partial charge in [0.25, 0.3) is 15.7 Å². The van der Waals surface area contributed by atoms with E-state index in [1.54, 1.807) is 6.92 Å². The number of hydrazone groups is 1. The first-order valence-electron chi connectivity index (χ1n) is 6.36. The number of alkyl halides is 3. The van der Waals surface area contributed by atoms with Gasteiger partial charge in [0.1, 0.15) is 4.90 Å². The lowest BCUT2D eigenvalue weighted by molar-refractivity contribution is -0.291. The van der Waals surface area contributed by atoms with E-state index < -0.39 is 33.2 Å². The number of aryl methyl sites for hydroxylation is 1. The minimum Gasteiger partial charge on any atom is -0.361 e. The minimum atomic E-state index is -5.18. The lowest BCUT2D eigenvalue weighted by Gasteiger charge is -2.32. The number of hydrogen-bond acceptors (Lipinski definition) is 5. The minimum absolute atomic E-state index is 0.135. The van der Waals surface area contributed by atoms with Crippen LogP contribution in [0.2, 0.25) is 0 Å². The first-order chi connectivity index (χ1) is 9.95. The van der Waals surface area contributed by atoms with E-state index in [9.17, 15) is 26.7 Å². The summed E-state index contributed by atoms with van der Waals surface area (Å²) in [5.41, 5.74) is -3.55. The van der Waals surface area contributed by atoms with Crippen molar-refractivity contribution >= 4 is 15.7 Å². The van der Waals surface area contributed by atoms with Crippen LogP contribution in [0.1, 0.15) is 26.0 Å². The van der Waals surface area contributed by atoms with Gasteiger partial charge in [-0.25, -0.2) is 0 Å². The van der Waals surface area contributed by atoms with Gasteiger partial charge in [-0.1, -0.05) is 0 Å².